The molecule has 7 nitrogen and oxygen atoms in total. The number of urea groups is 1. The van der Waals surface area contributed by atoms with Gasteiger partial charge in [0.1, 0.15) is 11.8 Å². The predicted molar refractivity (Wildman–Crippen MR) is 129 cm³/mol. The standard InChI is InChI=1S/C25H25N3O4S/c1-3-32-20-11-9-18(10-12-20)26-23(29)15-22-24(30)28(19-7-4-6-17(2)14-19)25(31)27(22)16-21-8-5-13-33-21/h4-14,22H,3,15-16H2,1-2H3,(H,26,29)/t22-/m1/s1. The SMILES string of the molecule is CCOc1ccc(NC(=O)C[C@@H]2C(=O)N(c3cccc(C)c3)C(=O)N2Cc2cccs2)cc1. The summed E-state index contributed by atoms with van der Waals surface area (Å²) in [5.41, 5.74) is 2.05. The van der Waals surface area contributed by atoms with Crippen molar-refractivity contribution in [2.75, 3.05) is 16.8 Å². The van der Waals surface area contributed by atoms with Crippen molar-refractivity contribution in [3.05, 3.63) is 76.5 Å². The van der Waals surface area contributed by atoms with Gasteiger partial charge in [-0.15, -0.1) is 11.3 Å². The lowest BCUT2D eigenvalue weighted by Crippen LogP contribution is -2.37. The van der Waals surface area contributed by atoms with Crippen LogP contribution < -0.4 is 15.0 Å². The van der Waals surface area contributed by atoms with E-state index in [0.29, 0.717) is 23.7 Å². The normalized spacial score (nSPS) is 15.8. The summed E-state index contributed by atoms with van der Waals surface area (Å²) in [4.78, 5) is 43.1. The van der Waals surface area contributed by atoms with Crippen molar-refractivity contribution in [2.45, 2.75) is 32.9 Å². The second kappa shape index (κ2) is 9.87. The number of carbonyl (C=O) groups excluding carboxylic acids is 3. The highest BCUT2D eigenvalue weighted by atomic mass is 32.1. The van der Waals surface area contributed by atoms with Gasteiger partial charge in [-0.1, -0.05) is 18.2 Å². The molecule has 4 amide bonds. The lowest BCUT2D eigenvalue weighted by atomic mass is 10.1. The molecular formula is C25H25N3O4S. The molecule has 3 aromatic rings. The fraction of sp³-hybridized carbons (Fsp3) is 0.240. The topological polar surface area (TPSA) is 79.0 Å². The van der Waals surface area contributed by atoms with Crippen molar-refractivity contribution >= 4 is 40.6 Å². The number of thiophene rings is 1. The molecule has 1 aromatic heterocycles. The molecule has 0 saturated carbocycles. The van der Waals surface area contributed by atoms with Crippen LogP contribution in [0.25, 0.3) is 0 Å². The average molecular weight is 464 g/mol. The Morgan fingerprint density at radius 1 is 1.09 bits per heavy atom. The molecule has 1 fully saturated rings. The first-order valence-corrected chi connectivity index (χ1v) is 11.6. The first-order chi connectivity index (χ1) is 16.0. The number of benzene rings is 2. The van der Waals surface area contributed by atoms with Gasteiger partial charge in [0, 0.05) is 10.6 Å². The Hall–Kier alpha value is -3.65. The number of nitrogens with one attached hydrogen (secondary N) is 1. The zero-order valence-corrected chi connectivity index (χ0v) is 19.3. The molecule has 33 heavy (non-hydrogen) atoms. The lowest BCUT2D eigenvalue weighted by molar-refractivity contribution is -0.124. The van der Waals surface area contributed by atoms with Crippen molar-refractivity contribution in [1.82, 2.24) is 4.90 Å². The summed E-state index contributed by atoms with van der Waals surface area (Å²) >= 11 is 1.51. The molecule has 1 aliphatic rings. The van der Waals surface area contributed by atoms with Gasteiger partial charge in [-0.3, -0.25) is 9.59 Å². The molecule has 1 atom stereocenters. The second-order valence-corrected chi connectivity index (χ2v) is 8.76. The van der Waals surface area contributed by atoms with Crippen LogP contribution in [0.1, 0.15) is 23.8 Å². The molecule has 1 aliphatic heterocycles. The number of nitrogens with zero attached hydrogens (tertiary/aromatic N) is 2. The number of hydrogen-bond donors (Lipinski definition) is 1. The van der Waals surface area contributed by atoms with E-state index >= 15 is 0 Å². The maximum Gasteiger partial charge on any atom is 0.332 e. The van der Waals surface area contributed by atoms with Crippen LogP contribution in [0, 0.1) is 6.92 Å². The highest BCUT2D eigenvalue weighted by Gasteiger charge is 2.46. The van der Waals surface area contributed by atoms with E-state index < -0.39 is 18.0 Å². The van der Waals surface area contributed by atoms with Crippen LogP contribution in [0.4, 0.5) is 16.2 Å². The van der Waals surface area contributed by atoms with Crippen molar-refractivity contribution in [3.8, 4) is 5.75 Å². The van der Waals surface area contributed by atoms with Crippen molar-refractivity contribution < 1.29 is 19.1 Å². The molecule has 8 heteroatoms. The third-order valence-electron chi connectivity index (χ3n) is 5.31. The zero-order valence-electron chi connectivity index (χ0n) is 18.5. The number of imide groups is 1. The van der Waals surface area contributed by atoms with Crippen LogP contribution in [0.2, 0.25) is 0 Å². The Bertz CT molecular complexity index is 1140. The van der Waals surface area contributed by atoms with E-state index in [1.807, 2.05) is 37.4 Å². The third-order valence-corrected chi connectivity index (χ3v) is 6.17. The predicted octanol–water partition coefficient (Wildman–Crippen LogP) is 4.82. The molecule has 0 aliphatic carbocycles. The van der Waals surface area contributed by atoms with Crippen LogP contribution >= 0.6 is 11.3 Å². The zero-order chi connectivity index (χ0) is 23.4. The summed E-state index contributed by atoms with van der Waals surface area (Å²) in [5.74, 6) is -0.0282. The molecule has 0 unspecified atom stereocenters. The Labute approximate surface area is 196 Å². The Morgan fingerprint density at radius 2 is 1.88 bits per heavy atom. The first kappa shape index (κ1) is 22.5. The van der Waals surface area contributed by atoms with Crippen molar-refractivity contribution in [3.63, 3.8) is 0 Å². The fourth-order valence-electron chi connectivity index (χ4n) is 3.78. The van der Waals surface area contributed by atoms with E-state index in [1.165, 1.54) is 21.1 Å². The largest absolute Gasteiger partial charge is 0.494 e. The fourth-order valence-corrected chi connectivity index (χ4v) is 4.48. The smallest absolute Gasteiger partial charge is 0.332 e. The summed E-state index contributed by atoms with van der Waals surface area (Å²) in [6.07, 6.45) is -0.133. The minimum absolute atomic E-state index is 0.133. The molecule has 1 saturated heterocycles. The van der Waals surface area contributed by atoms with E-state index in [-0.39, 0.29) is 18.9 Å². The van der Waals surface area contributed by atoms with Gasteiger partial charge in [-0.2, -0.15) is 0 Å². The Morgan fingerprint density at radius 3 is 2.55 bits per heavy atom. The Balaban J connectivity index is 1.54. The molecule has 4 rings (SSSR count). The summed E-state index contributed by atoms with van der Waals surface area (Å²) in [7, 11) is 0. The molecule has 170 valence electrons. The molecule has 2 aromatic carbocycles. The average Bonchev–Trinajstić information content (AvgIpc) is 3.38. The number of amides is 4. The van der Waals surface area contributed by atoms with Crippen LogP contribution in [0.3, 0.4) is 0 Å². The molecule has 0 spiro atoms. The minimum Gasteiger partial charge on any atom is -0.494 e. The first-order valence-electron chi connectivity index (χ1n) is 10.7. The Kier molecular flexibility index (Phi) is 6.74. The van der Waals surface area contributed by atoms with E-state index in [4.69, 9.17) is 4.74 Å². The summed E-state index contributed by atoms with van der Waals surface area (Å²) in [5, 5.41) is 4.74. The van der Waals surface area contributed by atoms with Gasteiger partial charge in [0.25, 0.3) is 5.91 Å². The molecule has 0 bridgehead atoms. The van der Waals surface area contributed by atoms with Gasteiger partial charge in [-0.25, -0.2) is 9.69 Å². The maximum atomic E-state index is 13.3. The molecule has 0 radical (unpaired) electrons. The number of carbonyl (C=O) groups is 3. The lowest BCUT2D eigenvalue weighted by Gasteiger charge is -2.21. The molecular weight excluding hydrogens is 438 g/mol. The van der Waals surface area contributed by atoms with Crippen LogP contribution in [0.5, 0.6) is 5.75 Å². The molecule has 1 N–H and O–H groups in total. The molecule has 2 heterocycles. The number of rotatable bonds is 8. The van der Waals surface area contributed by atoms with Crippen LogP contribution in [0.15, 0.2) is 66.0 Å². The van der Waals surface area contributed by atoms with Gasteiger partial charge in [0.2, 0.25) is 5.91 Å². The van der Waals surface area contributed by atoms with Crippen molar-refractivity contribution in [1.29, 1.82) is 0 Å². The van der Waals surface area contributed by atoms with E-state index in [1.54, 1.807) is 42.5 Å². The van der Waals surface area contributed by atoms with E-state index in [9.17, 15) is 14.4 Å². The number of anilines is 2. The van der Waals surface area contributed by atoms with Crippen molar-refractivity contribution in [2.24, 2.45) is 0 Å². The summed E-state index contributed by atoms with van der Waals surface area (Å²) < 4.78 is 5.42. The highest BCUT2D eigenvalue weighted by molar-refractivity contribution is 7.09. The van der Waals surface area contributed by atoms with Gasteiger partial charge < -0.3 is 15.0 Å². The van der Waals surface area contributed by atoms with Gasteiger partial charge in [0.15, 0.2) is 0 Å². The maximum absolute atomic E-state index is 13.3. The van der Waals surface area contributed by atoms with E-state index in [0.717, 1.165) is 10.4 Å². The number of ether oxygens (including phenoxy) is 1. The van der Waals surface area contributed by atoms with Crippen LogP contribution in [-0.2, 0) is 16.1 Å². The quantitative estimate of drug-likeness (QED) is 0.486. The summed E-state index contributed by atoms with van der Waals surface area (Å²) in [6, 6.07) is 16.8. The van der Waals surface area contributed by atoms with Gasteiger partial charge in [0.05, 0.1) is 25.3 Å². The third kappa shape index (κ3) is 5.06. The van der Waals surface area contributed by atoms with E-state index in [2.05, 4.69) is 5.32 Å². The number of hydrogen-bond acceptors (Lipinski definition) is 5. The van der Waals surface area contributed by atoms with Gasteiger partial charge in [-0.05, 0) is 67.3 Å². The second-order valence-electron chi connectivity index (χ2n) is 7.73. The minimum atomic E-state index is -0.886. The summed E-state index contributed by atoms with van der Waals surface area (Å²) in [6.45, 7) is 4.63. The highest BCUT2D eigenvalue weighted by Crippen LogP contribution is 2.30. The number of aryl methyl sites for hydroxylation is 1. The monoisotopic (exact) mass is 463 g/mol. The van der Waals surface area contributed by atoms with Crippen LogP contribution in [-0.4, -0.2) is 35.4 Å². The van der Waals surface area contributed by atoms with Gasteiger partial charge >= 0.3 is 6.03 Å².